The van der Waals surface area contributed by atoms with Gasteiger partial charge in [0.1, 0.15) is 12.3 Å². The second kappa shape index (κ2) is 9.98. The van der Waals surface area contributed by atoms with Gasteiger partial charge in [-0.15, -0.1) is 0 Å². The molecule has 3 aromatic rings. The normalized spacial score (nSPS) is 11.1. The molecule has 0 spiro atoms. The van der Waals surface area contributed by atoms with Gasteiger partial charge in [0.05, 0.1) is 17.2 Å². The predicted molar refractivity (Wildman–Crippen MR) is 126 cm³/mol. The molecule has 162 valence electrons. The smallest absolute Gasteiger partial charge is 0.264 e. The molecule has 0 aliphatic heterocycles. The molecule has 1 N–H and O–H groups in total. The van der Waals surface area contributed by atoms with Crippen molar-refractivity contribution >= 4 is 43.2 Å². The molecule has 6 nitrogen and oxygen atoms in total. The summed E-state index contributed by atoms with van der Waals surface area (Å²) < 4.78 is 34.2. The number of halogens is 1. The number of carbonyl (C=O) groups excluding carboxylic acids is 1. The lowest BCUT2D eigenvalue weighted by molar-refractivity contribution is -0.114. The molecule has 0 heterocycles. The molecule has 31 heavy (non-hydrogen) atoms. The van der Waals surface area contributed by atoms with Crippen LogP contribution in [-0.2, 0) is 14.8 Å². The van der Waals surface area contributed by atoms with Crippen LogP contribution in [-0.4, -0.2) is 27.5 Å². The third-order valence-electron chi connectivity index (χ3n) is 4.46. The molecule has 0 unspecified atom stereocenters. The first-order valence-electron chi connectivity index (χ1n) is 9.67. The Balaban J connectivity index is 1.92. The Morgan fingerprint density at radius 1 is 0.968 bits per heavy atom. The third-order valence-corrected chi connectivity index (χ3v) is 6.78. The second-order valence-corrected chi connectivity index (χ2v) is 9.58. The number of rotatable bonds is 8. The first-order valence-corrected chi connectivity index (χ1v) is 11.9. The van der Waals surface area contributed by atoms with Crippen molar-refractivity contribution in [2.75, 3.05) is 22.8 Å². The van der Waals surface area contributed by atoms with Crippen molar-refractivity contribution in [2.24, 2.45) is 0 Å². The summed E-state index contributed by atoms with van der Waals surface area (Å²) in [6.07, 6.45) is 0. The third kappa shape index (κ3) is 5.86. The maximum Gasteiger partial charge on any atom is 0.264 e. The number of nitrogens with one attached hydrogen (secondary N) is 1. The number of anilines is 2. The fraction of sp³-hybridized carbons (Fsp3) is 0.174. The van der Waals surface area contributed by atoms with E-state index in [1.165, 1.54) is 0 Å². The molecule has 8 heteroatoms. The molecule has 0 aromatic heterocycles. The Kier molecular flexibility index (Phi) is 7.35. The topological polar surface area (TPSA) is 75.7 Å². The summed E-state index contributed by atoms with van der Waals surface area (Å²) in [6, 6.07) is 20.2. The highest BCUT2D eigenvalue weighted by atomic mass is 79.9. The van der Waals surface area contributed by atoms with E-state index in [0.29, 0.717) is 23.7 Å². The minimum atomic E-state index is -3.97. The fourth-order valence-electron chi connectivity index (χ4n) is 2.89. The van der Waals surface area contributed by atoms with Crippen molar-refractivity contribution in [2.45, 2.75) is 18.7 Å². The molecule has 3 aromatic carbocycles. The standard InChI is InChI=1S/C23H23BrN2O4S/c1-3-30-21-12-10-20(11-13-21)26(31(28,29)22-14-4-17(2)5-15-22)16-23(27)25-19-8-6-18(24)7-9-19/h4-15H,3,16H2,1-2H3,(H,25,27). The number of sulfonamides is 1. The van der Waals surface area contributed by atoms with Crippen molar-refractivity contribution in [1.82, 2.24) is 0 Å². The average molecular weight is 503 g/mol. The highest BCUT2D eigenvalue weighted by molar-refractivity contribution is 9.10. The van der Waals surface area contributed by atoms with Gasteiger partial charge in [0.15, 0.2) is 0 Å². The largest absolute Gasteiger partial charge is 0.494 e. The molecule has 1 amide bonds. The van der Waals surface area contributed by atoms with Gasteiger partial charge in [0, 0.05) is 10.2 Å². The van der Waals surface area contributed by atoms with Gasteiger partial charge < -0.3 is 10.1 Å². The molecule has 0 atom stereocenters. The summed E-state index contributed by atoms with van der Waals surface area (Å²) in [5.41, 5.74) is 1.89. The number of benzene rings is 3. The van der Waals surface area contributed by atoms with Crippen molar-refractivity contribution < 1.29 is 17.9 Å². The van der Waals surface area contributed by atoms with Gasteiger partial charge in [-0.05, 0) is 74.5 Å². The number of ether oxygens (including phenoxy) is 1. The van der Waals surface area contributed by atoms with Crippen molar-refractivity contribution in [3.63, 3.8) is 0 Å². The number of hydrogen-bond acceptors (Lipinski definition) is 4. The van der Waals surface area contributed by atoms with Crippen LogP contribution in [0.3, 0.4) is 0 Å². The van der Waals surface area contributed by atoms with Gasteiger partial charge in [0.25, 0.3) is 10.0 Å². The van der Waals surface area contributed by atoms with E-state index in [1.54, 1.807) is 72.8 Å². The van der Waals surface area contributed by atoms with Crippen LogP contribution in [0.1, 0.15) is 12.5 Å². The van der Waals surface area contributed by atoms with Gasteiger partial charge >= 0.3 is 0 Å². The van der Waals surface area contributed by atoms with Crippen LogP contribution in [0.25, 0.3) is 0 Å². The average Bonchev–Trinajstić information content (AvgIpc) is 2.75. The van der Waals surface area contributed by atoms with Crippen LogP contribution in [0.5, 0.6) is 5.75 Å². The number of nitrogens with zero attached hydrogens (tertiary/aromatic N) is 1. The van der Waals surface area contributed by atoms with Gasteiger partial charge in [-0.2, -0.15) is 0 Å². The molecule has 0 radical (unpaired) electrons. The number of amides is 1. The van der Waals surface area contributed by atoms with E-state index in [0.717, 1.165) is 14.3 Å². The van der Waals surface area contributed by atoms with Gasteiger partial charge in [-0.3, -0.25) is 9.10 Å². The molecule has 0 bridgehead atoms. The Bertz CT molecular complexity index is 1130. The summed E-state index contributed by atoms with van der Waals surface area (Å²) in [5, 5.41) is 2.74. The highest BCUT2D eigenvalue weighted by Crippen LogP contribution is 2.26. The molecule has 0 saturated carbocycles. The summed E-state index contributed by atoms with van der Waals surface area (Å²) >= 11 is 3.35. The lowest BCUT2D eigenvalue weighted by Gasteiger charge is -2.24. The molecule has 0 aliphatic rings. The zero-order valence-corrected chi connectivity index (χ0v) is 19.6. The minimum absolute atomic E-state index is 0.114. The maximum atomic E-state index is 13.4. The Morgan fingerprint density at radius 2 is 1.58 bits per heavy atom. The molecule has 0 aliphatic carbocycles. The monoisotopic (exact) mass is 502 g/mol. The van der Waals surface area contributed by atoms with Crippen LogP contribution in [0.4, 0.5) is 11.4 Å². The molecule has 0 fully saturated rings. The second-order valence-electron chi connectivity index (χ2n) is 6.81. The molecule has 0 saturated heterocycles. The van der Waals surface area contributed by atoms with Crippen LogP contribution in [0.2, 0.25) is 0 Å². The molecular formula is C23H23BrN2O4S. The fourth-order valence-corrected chi connectivity index (χ4v) is 4.58. The summed E-state index contributed by atoms with van der Waals surface area (Å²) in [4.78, 5) is 12.8. The first kappa shape index (κ1) is 22.8. The number of carbonyl (C=O) groups is 1. The highest BCUT2D eigenvalue weighted by Gasteiger charge is 2.27. The number of aryl methyl sites for hydroxylation is 1. The molecular weight excluding hydrogens is 480 g/mol. The summed E-state index contributed by atoms with van der Waals surface area (Å²) in [7, 11) is -3.97. The summed E-state index contributed by atoms with van der Waals surface area (Å²) in [6.45, 7) is 3.88. The van der Waals surface area contributed by atoms with E-state index in [2.05, 4.69) is 21.2 Å². The lowest BCUT2D eigenvalue weighted by atomic mass is 10.2. The van der Waals surface area contributed by atoms with Gasteiger partial charge in [-0.1, -0.05) is 33.6 Å². The zero-order valence-electron chi connectivity index (χ0n) is 17.2. The van der Waals surface area contributed by atoms with Crippen LogP contribution in [0.15, 0.2) is 82.2 Å². The predicted octanol–water partition coefficient (Wildman–Crippen LogP) is 4.99. The molecule has 3 rings (SSSR count). The van der Waals surface area contributed by atoms with E-state index in [4.69, 9.17) is 4.74 Å². The van der Waals surface area contributed by atoms with Crippen LogP contribution < -0.4 is 14.4 Å². The maximum absolute atomic E-state index is 13.4. The van der Waals surface area contributed by atoms with Gasteiger partial charge in [-0.25, -0.2) is 8.42 Å². The van der Waals surface area contributed by atoms with Crippen molar-refractivity contribution in [1.29, 1.82) is 0 Å². The van der Waals surface area contributed by atoms with E-state index in [-0.39, 0.29) is 11.4 Å². The quantitative estimate of drug-likeness (QED) is 0.470. The number of hydrogen-bond donors (Lipinski definition) is 1. The van der Waals surface area contributed by atoms with E-state index in [1.807, 2.05) is 13.8 Å². The Labute approximate surface area is 191 Å². The summed E-state index contributed by atoms with van der Waals surface area (Å²) in [5.74, 6) is 0.171. The van der Waals surface area contributed by atoms with E-state index < -0.39 is 15.9 Å². The zero-order chi connectivity index (χ0) is 22.4. The van der Waals surface area contributed by atoms with Crippen LogP contribution >= 0.6 is 15.9 Å². The van der Waals surface area contributed by atoms with Crippen molar-refractivity contribution in [3.05, 3.63) is 82.8 Å². The van der Waals surface area contributed by atoms with E-state index >= 15 is 0 Å². The Morgan fingerprint density at radius 3 is 2.16 bits per heavy atom. The SMILES string of the molecule is CCOc1ccc(N(CC(=O)Nc2ccc(Br)cc2)S(=O)(=O)c2ccc(C)cc2)cc1. The van der Waals surface area contributed by atoms with Gasteiger partial charge in [0.2, 0.25) is 5.91 Å². The Hall–Kier alpha value is -2.84. The van der Waals surface area contributed by atoms with Crippen LogP contribution in [0, 0.1) is 6.92 Å². The van der Waals surface area contributed by atoms with Crippen molar-refractivity contribution in [3.8, 4) is 5.75 Å². The minimum Gasteiger partial charge on any atom is -0.494 e. The van der Waals surface area contributed by atoms with E-state index in [9.17, 15) is 13.2 Å². The first-order chi connectivity index (χ1) is 14.8. The lowest BCUT2D eigenvalue weighted by Crippen LogP contribution is -2.38.